The number of hydrogen-bond acceptors (Lipinski definition) is 0. The van der Waals surface area contributed by atoms with Crippen LogP contribution in [0.3, 0.4) is 0 Å². The van der Waals surface area contributed by atoms with E-state index in [1.54, 1.807) is 0 Å². The Morgan fingerprint density at radius 2 is 1.13 bits per heavy atom. The molecular weight excluding hydrogens is 362 g/mol. The van der Waals surface area contributed by atoms with E-state index in [0.29, 0.717) is 6.04 Å². The van der Waals surface area contributed by atoms with Gasteiger partial charge in [0.1, 0.15) is 12.6 Å². The summed E-state index contributed by atoms with van der Waals surface area (Å²) in [6.07, 6.45) is 24.9. The van der Waals surface area contributed by atoms with Crippen molar-refractivity contribution in [2.24, 2.45) is 0 Å². The van der Waals surface area contributed by atoms with Gasteiger partial charge in [-0.15, -0.1) is 0 Å². The molecule has 0 spiro atoms. The number of quaternary nitrogens is 1. The molecular formula is C29H52N+. The van der Waals surface area contributed by atoms with Gasteiger partial charge in [0.2, 0.25) is 0 Å². The fraction of sp³-hybridized carbons (Fsp3) is 0.724. The molecule has 0 bridgehead atoms. The summed E-state index contributed by atoms with van der Waals surface area (Å²) >= 11 is 0. The minimum Gasteiger partial charge on any atom is -0.319 e. The SMILES string of the molecule is C=CC(CCCCCCCCCCCCCCCCC)[N+](C)(C)Cc1ccccc1. The first kappa shape index (κ1) is 27.0. The molecule has 0 N–H and O–H groups in total. The van der Waals surface area contributed by atoms with Gasteiger partial charge in [0, 0.05) is 12.0 Å². The van der Waals surface area contributed by atoms with Crippen LogP contribution in [0.4, 0.5) is 0 Å². The molecule has 1 aromatic carbocycles. The molecule has 1 nitrogen and oxygen atoms in total. The molecule has 30 heavy (non-hydrogen) atoms. The monoisotopic (exact) mass is 414 g/mol. The molecule has 1 atom stereocenters. The summed E-state index contributed by atoms with van der Waals surface area (Å²) in [6.45, 7) is 7.52. The minimum absolute atomic E-state index is 0.548. The standard InChI is InChI=1S/C29H52N/c1-5-7-8-9-10-11-12-13-14-15-16-17-18-19-23-26-29(6-2)30(3,4)27-28-24-21-20-22-25-28/h6,20-22,24-25,29H,2,5,7-19,23,26-27H2,1,3-4H3/q+1. The average Bonchev–Trinajstić information content (AvgIpc) is 2.73. The summed E-state index contributed by atoms with van der Waals surface area (Å²) in [4.78, 5) is 0. The zero-order valence-electron chi connectivity index (χ0n) is 20.7. The van der Waals surface area contributed by atoms with Crippen LogP contribution in [0.15, 0.2) is 43.0 Å². The van der Waals surface area contributed by atoms with E-state index in [0.717, 1.165) is 11.0 Å². The lowest BCUT2D eigenvalue weighted by molar-refractivity contribution is -0.921. The molecule has 0 aliphatic heterocycles. The van der Waals surface area contributed by atoms with Gasteiger partial charge in [0.05, 0.1) is 14.1 Å². The second kappa shape index (κ2) is 17.6. The molecule has 1 aromatic rings. The van der Waals surface area contributed by atoms with Gasteiger partial charge in [0.25, 0.3) is 0 Å². The molecule has 0 radical (unpaired) electrons. The highest BCUT2D eigenvalue weighted by Crippen LogP contribution is 2.20. The van der Waals surface area contributed by atoms with Crippen molar-refractivity contribution in [3.8, 4) is 0 Å². The van der Waals surface area contributed by atoms with Gasteiger partial charge >= 0.3 is 0 Å². The second-order valence-electron chi connectivity index (χ2n) is 9.96. The lowest BCUT2D eigenvalue weighted by Crippen LogP contribution is -2.47. The second-order valence-corrected chi connectivity index (χ2v) is 9.96. The lowest BCUT2D eigenvalue weighted by atomic mass is 10.0. The predicted molar refractivity (Wildman–Crippen MR) is 136 cm³/mol. The van der Waals surface area contributed by atoms with E-state index in [1.165, 1.54) is 108 Å². The number of rotatable bonds is 20. The molecule has 0 aliphatic rings. The largest absolute Gasteiger partial charge is 0.319 e. The molecule has 0 fully saturated rings. The normalized spacial score (nSPS) is 12.8. The van der Waals surface area contributed by atoms with Crippen LogP contribution in [0, 0.1) is 0 Å². The fourth-order valence-electron chi connectivity index (χ4n) is 4.65. The molecule has 172 valence electrons. The maximum atomic E-state index is 4.14. The van der Waals surface area contributed by atoms with Crippen LogP contribution in [-0.2, 0) is 6.54 Å². The number of benzene rings is 1. The summed E-state index contributed by atoms with van der Waals surface area (Å²) in [5, 5.41) is 0. The first-order valence-corrected chi connectivity index (χ1v) is 13.1. The smallest absolute Gasteiger partial charge is 0.107 e. The van der Waals surface area contributed by atoms with Crippen LogP contribution in [0.5, 0.6) is 0 Å². The third-order valence-corrected chi connectivity index (χ3v) is 6.71. The Morgan fingerprint density at radius 3 is 1.57 bits per heavy atom. The first-order valence-electron chi connectivity index (χ1n) is 13.1. The number of unbranched alkanes of at least 4 members (excludes halogenated alkanes) is 14. The molecule has 0 amide bonds. The molecule has 0 aromatic heterocycles. The van der Waals surface area contributed by atoms with Crippen molar-refractivity contribution in [2.75, 3.05) is 14.1 Å². The van der Waals surface area contributed by atoms with Crippen LogP contribution < -0.4 is 0 Å². The van der Waals surface area contributed by atoms with Gasteiger partial charge in [-0.3, -0.25) is 0 Å². The van der Waals surface area contributed by atoms with Crippen molar-refractivity contribution in [2.45, 2.75) is 122 Å². The van der Waals surface area contributed by atoms with E-state index in [2.05, 4.69) is 64.0 Å². The molecule has 1 heteroatoms. The van der Waals surface area contributed by atoms with Gasteiger partial charge in [-0.25, -0.2) is 0 Å². The van der Waals surface area contributed by atoms with Crippen LogP contribution in [0.25, 0.3) is 0 Å². The molecule has 1 rings (SSSR count). The van der Waals surface area contributed by atoms with Crippen molar-refractivity contribution < 1.29 is 4.48 Å². The van der Waals surface area contributed by atoms with Crippen LogP contribution >= 0.6 is 0 Å². The fourth-order valence-corrected chi connectivity index (χ4v) is 4.65. The summed E-state index contributed by atoms with van der Waals surface area (Å²) in [5.74, 6) is 0. The van der Waals surface area contributed by atoms with Crippen LogP contribution in [0.1, 0.15) is 115 Å². The maximum absolute atomic E-state index is 4.14. The Balaban J connectivity index is 1.99. The first-order chi connectivity index (χ1) is 14.6. The van der Waals surface area contributed by atoms with Crippen molar-refractivity contribution in [1.29, 1.82) is 0 Å². The van der Waals surface area contributed by atoms with E-state index < -0.39 is 0 Å². The Kier molecular flexibility index (Phi) is 15.8. The number of hydrogen-bond donors (Lipinski definition) is 0. The highest BCUT2D eigenvalue weighted by Gasteiger charge is 2.25. The van der Waals surface area contributed by atoms with Crippen LogP contribution in [-0.4, -0.2) is 24.6 Å². The maximum Gasteiger partial charge on any atom is 0.107 e. The Morgan fingerprint density at radius 1 is 0.700 bits per heavy atom. The van der Waals surface area contributed by atoms with Gasteiger partial charge in [-0.1, -0.05) is 134 Å². The molecule has 0 saturated carbocycles. The molecule has 0 saturated heterocycles. The zero-order chi connectivity index (χ0) is 21.9. The van der Waals surface area contributed by atoms with Crippen molar-refractivity contribution in [3.05, 3.63) is 48.6 Å². The summed E-state index contributed by atoms with van der Waals surface area (Å²) < 4.78 is 1.01. The molecule has 1 unspecified atom stereocenters. The van der Waals surface area contributed by atoms with Crippen molar-refractivity contribution in [3.63, 3.8) is 0 Å². The van der Waals surface area contributed by atoms with E-state index in [1.807, 2.05) is 0 Å². The molecule has 0 heterocycles. The van der Waals surface area contributed by atoms with E-state index >= 15 is 0 Å². The Bertz CT molecular complexity index is 504. The van der Waals surface area contributed by atoms with Gasteiger partial charge in [0.15, 0.2) is 0 Å². The third-order valence-electron chi connectivity index (χ3n) is 6.71. The van der Waals surface area contributed by atoms with E-state index in [9.17, 15) is 0 Å². The van der Waals surface area contributed by atoms with E-state index in [4.69, 9.17) is 0 Å². The lowest BCUT2D eigenvalue weighted by Gasteiger charge is -2.37. The van der Waals surface area contributed by atoms with Crippen molar-refractivity contribution in [1.82, 2.24) is 0 Å². The number of nitrogens with zero attached hydrogens (tertiary/aromatic N) is 1. The highest BCUT2D eigenvalue weighted by atomic mass is 15.3. The Labute approximate surface area is 189 Å². The van der Waals surface area contributed by atoms with Crippen molar-refractivity contribution >= 4 is 0 Å². The van der Waals surface area contributed by atoms with Gasteiger partial charge < -0.3 is 4.48 Å². The topological polar surface area (TPSA) is 0 Å². The highest BCUT2D eigenvalue weighted by molar-refractivity contribution is 5.13. The summed E-state index contributed by atoms with van der Waals surface area (Å²) in [7, 11) is 4.70. The van der Waals surface area contributed by atoms with Gasteiger partial charge in [-0.2, -0.15) is 0 Å². The average molecular weight is 415 g/mol. The third kappa shape index (κ3) is 13.3. The van der Waals surface area contributed by atoms with Crippen LogP contribution in [0.2, 0.25) is 0 Å². The number of likely N-dealkylation sites (N-methyl/N-ethyl adjacent to an activating group) is 1. The molecule has 0 aliphatic carbocycles. The zero-order valence-corrected chi connectivity index (χ0v) is 20.7. The quantitative estimate of drug-likeness (QED) is 0.113. The summed E-state index contributed by atoms with van der Waals surface area (Å²) in [5.41, 5.74) is 1.42. The predicted octanol–water partition coefficient (Wildman–Crippen LogP) is 9.08. The minimum atomic E-state index is 0.548. The van der Waals surface area contributed by atoms with Gasteiger partial charge in [-0.05, 0) is 12.5 Å². The Hall–Kier alpha value is -1.08. The summed E-state index contributed by atoms with van der Waals surface area (Å²) in [6, 6.07) is 11.4. The van der Waals surface area contributed by atoms with E-state index in [-0.39, 0.29) is 0 Å².